The monoisotopic (exact) mass is 448 g/mol. The first kappa shape index (κ1) is 24.5. The van der Waals surface area contributed by atoms with Gasteiger partial charge >= 0.3 is 17.9 Å². The molecule has 30 heavy (non-hydrogen) atoms. The summed E-state index contributed by atoms with van der Waals surface area (Å²) in [6.45, 7) is 1.09. The predicted octanol–water partition coefficient (Wildman–Crippen LogP) is -0.0679. The van der Waals surface area contributed by atoms with Gasteiger partial charge in [0, 0.05) is 0 Å². The van der Waals surface area contributed by atoms with Gasteiger partial charge < -0.3 is 34.9 Å². The lowest BCUT2D eigenvalue weighted by molar-refractivity contribution is -0.145. The van der Waals surface area contributed by atoms with Gasteiger partial charge in [-0.25, -0.2) is 27.9 Å². The van der Waals surface area contributed by atoms with E-state index in [9.17, 15) is 27.9 Å². The molecule has 0 heterocycles. The molecule has 0 aliphatic carbocycles. The van der Waals surface area contributed by atoms with Crippen molar-refractivity contribution in [3.05, 3.63) is 17.9 Å². The maximum Gasteiger partial charge on any atom is 0.344 e. The van der Waals surface area contributed by atoms with Gasteiger partial charge in [0.1, 0.15) is 5.56 Å². The van der Waals surface area contributed by atoms with E-state index in [2.05, 4.69) is 4.74 Å². The Kier molecular flexibility index (Phi) is 8.43. The number of carboxylic acids is 2. The number of sulfonamides is 1. The summed E-state index contributed by atoms with van der Waals surface area (Å²) in [5, 5.41) is 23.6. The van der Waals surface area contributed by atoms with E-state index in [0.29, 0.717) is 0 Å². The number of hydrogen-bond acceptors (Lipinski definition) is 10. The molecule has 0 saturated heterocycles. The van der Waals surface area contributed by atoms with E-state index >= 15 is 0 Å². The molecule has 0 amide bonds. The lowest BCUT2D eigenvalue weighted by Gasteiger charge is -2.21. The summed E-state index contributed by atoms with van der Waals surface area (Å²) in [5.74, 6) is -6.53. The molecule has 0 fully saturated rings. The normalized spacial score (nSPS) is 11.2. The van der Waals surface area contributed by atoms with Gasteiger partial charge in [0.05, 0.1) is 18.6 Å². The molecule has 0 unspecified atom stereocenters. The molecule has 166 valence electrons. The van der Waals surface area contributed by atoms with Crippen molar-refractivity contribution in [2.45, 2.75) is 18.7 Å². The second-order valence-electron chi connectivity index (χ2n) is 5.32. The van der Waals surface area contributed by atoms with Crippen LogP contribution in [0.1, 0.15) is 24.2 Å². The van der Waals surface area contributed by atoms with E-state index in [4.69, 9.17) is 30.2 Å². The number of allylic oxidation sites excluding steroid dienone is 1. The number of hydrogen-bond donors (Lipinski definition) is 4. The number of rotatable bonds is 11. The second kappa shape index (κ2) is 10.3. The number of anilines is 1. The minimum Gasteiger partial charge on any atom is -0.479 e. The zero-order valence-corrected chi connectivity index (χ0v) is 16.7. The molecule has 0 spiro atoms. The number of nitrogens with two attached hydrogens (primary N) is 2. The van der Waals surface area contributed by atoms with Crippen LogP contribution in [0.5, 0.6) is 17.2 Å². The van der Waals surface area contributed by atoms with Crippen molar-refractivity contribution in [1.82, 2.24) is 0 Å². The summed E-state index contributed by atoms with van der Waals surface area (Å²) in [6.07, 6.45) is 2.26. The first-order chi connectivity index (χ1) is 13.9. The molecule has 1 aromatic carbocycles. The fraction of sp³-hybridized carbons (Fsp3) is 0.312. The third-order valence-electron chi connectivity index (χ3n) is 3.16. The van der Waals surface area contributed by atoms with E-state index in [1.54, 1.807) is 0 Å². The van der Waals surface area contributed by atoms with Gasteiger partial charge in [-0.2, -0.15) is 0 Å². The average molecular weight is 448 g/mol. The average Bonchev–Trinajstić information content (AvgIpc) is 2.62. The zero-order valence-electron chi connectivity index (χ0n) is 15.9. The van der Waals surface area contributed by atoms with Crippen LogP contribution in [-0.2, 0) is 24.3 Å². The Bertz CT molecular complexity index is 970. The number of aliphatic carboxylic acids is 1. The highest BCUT2D eigenvalue weighted by Gasteiger charge is 2.35. The molecule has 0 aromatic heterocycles. The molecule has 6 N–H and O–H groups in total. The molecule has 0 atom stereocenters. The number of nitrogen functional groups attached to an aromatic ring is 1. The summed E-state index contributed by atoms with van der Waals surface area (Å²) in [4.78, 5) is 33.2. The number of esters is 1. The van der Waals surface area contributed by atoms with Gasteiger partial charge in [-0.05, 0) is 13.8 Å². The zero-order chi connectivity index (χ0) is 23.1. The van der Waals surface area contributed by atoms with E-state index in [-0.39, 0.29) is 6.61 Å². The number of carbonyl (C=O) groups is 3. The second-order valence-corrected chi connectivity index (χ2v) is 6.82. The number of benzene rings is 1. The summed E-state index contributed by atoms with van der Waals surface area (Å²) in [7, 11) is -4.77. The Morgan fingerprint density at radius 1 is 1.07 bits per heavy atom. The van der Waals surface area contributed by atoms with E-state index in [1.807, 2.05) is 0 Å². The smallest absolute Gasteiger partial charge is 0.344 e. The molecular weight excluding hydrogens is 428 g/mol. The quantitative estimate of drug-likeness (QED) is 0.199. The Morgan fingerprint density at radius 2 is 1.67 bits per heavy atom. The van der Waals surface area contributed by atoms with Gasteiger partial charge in [0.15, 0.2) is 35.4 Å². The Labute approximate surface area is 170 Å². The van der Waals surface area contributed by atoms with Gasteiger partial charge in [-0.1, -0.05) is 6.08 Å². The van der Waals surface area contributed by atoms with Crippen molar-refractivity contribution < 1.29 is 52.0 Å². The third-order valence-corrected chi connectivity index (χ3v) is 4.10. The molecule has 0 bridgehead atoms. The van der Waals surface area contributed by atoms with Crippen LogP contribution in [0.2, 0.25) is 0 Å². The summed E-state index contributed by atoms with van der Waals surface area (Å²) in [5.41, 5.74) is 4.20. The predicted molar refractivity (Wildman–Crippen MR) is 99.9 cm³/mol. The molecule has 0 aliphatic heterocycles. The number of carbonyl (C=O) groups excluding carboxylic acids is 1. The summed E-state index contributed by atoms with van der Waals surface area (Å²) < 4.78 is 44.4. The van der Waals surface area contributed by atoms with Gasteiger partial charge in [-0.3, -0.25) is 0 Å². The minimum atomic E-state index is -4.77. The van der Waals surface area contributed by atoms with Crippen LogP contribution in [0.25, 0.3) is 0 Å². The van der Waals surface area contributed by atoms with E-state index < -0.39 is 74.5 Å². The molecule has 13 nitrogen and oxygen atoms in total. The highest BCUT2D eigenvalue weighted by Crippen LogP contribution is 2.48. The maximum absolute atomic E-state index is 12.3. The van der Waals surface area contributed by atoms with Crippen molar-refractivity contribution in [1.29, 1.82) is 0 Å². The number of aromatic carboxylic acids is 1. The molecule has 1 aromatic rings. The van der Waals surface area contributed by atoms with Crippen LogP contribution in [0.4, 0.5) is 5.69 Å². The lowest BCUT2D eigenvalue weighted by atomic mass is 10.1. The molecule has 0 radical (unpaired) electrons. The standard InChI is InChI=1S/C16H20N2O11S/c1-3-5-27-12-10(16(22)23)11(17)13(28-6-8(19)20)14(15(12)30(18,24)25)29-7-9(21)26-4-2/h3,5H,4,6-7,17H2,1-2H3,(H,19,20)(H,22,23)(H2,18,24,25). The van der Waals surface area contributed by atoms with Crippen LogP contribution >= 0.6 is 0 Å². The van der Waals surface area contributed by atoms with E-state index in [0.717, 1.165) is 6.26 Å². The lowest BCUT2D eigenvalue weighted by Crippen LogP contribution is -2.22. The van der Waals surface area contributed by atoms with Crippen LogP contribution < -0.4 is 25.1 Å². The SMILES string of the molecule is CC=COc1c(C(=O)O)c(N)c(OCC(=O)O)c(OCC(=O)OCC)c1S(N)(=O)=O. The number of carboxylic acid groups (broad SMARTS) is 2. The Hall–Kier alpha value is -3.52. The van der Waals surface area contributed by atoms with Crippen LogP contribution in [-0.4, -0.2) is 56.4 Å². The van der Waals surface area contributed by atoms with Crippen LogP contribution in [0, 0.1) is 0 Å². The van der Waals surface area contributed by atoms with Gasteiger partial charge in [-0.15, -0.1) is 0 Å². The van der Waals surface area contributed by atoms with Gasteiger partial charge in [0.25, 0.3) is 0 Å². The fourth-order valence-corrected chi connectivity index (χ4v) is 2.96. The first-order valence-corrected chi connectivity index (χ1v) is 9.66. The maximum atomic E-state index is 12.3. The van der Waals surface area contributed by atoms with Crippen molar-refractivity contribution in [2.24, 2.45) is 5.14 Å². The number of ether oxygens (including phenoxy) is 4. The van der Waals surface area contributed by atoms with Crippen molar-refractivity contribution in [2.75, 3.05) is 25.6 Å². The first-order valence-electron chi connectivity index (χ1n) is 8.11. The topological polar surface area (TPSA) is 215 Å². The Morgan fingerprint density at radius 3 is 2.13 bits per heavy atom. The van der Waals surface area contributed by atoms with Crippen molar-refractivity contribution >= 4 is 33.6 Å². The number of primary sulfonamides is 1. The molecular formula is C16H20N2O11S. The summed E-state index contributed by atoms with van der Waals surface area (Å²) in [6, 6.07) is 0. The minimum absolute atomic E-state index is 0.0116. The van der Waals surface area contributed by atoms with Crippen LogP contribution in [0.3, 0.4) is 0 Å². The highest BCUT2D eigenvalue weighted by atomic mass is 32.2. The Balaban J connectivity index is 3.92. The summed E-state index contributed by atoms with van der Waals surface area (Å²) >= 11 is 0. The highest BCUT2D eigenvalue weighted by molar-refractivity contribution is 7.89. The third kappa shape index (κ3) is 5.99. The largest absolute Gasteiger partial charge is 0.479 e. The van der Waals surface area contributed by atoms with Crippen molar-refractivity contribution in [3.63, 3.8) is 0 Å². The van der Waals surface area contributed by atoms with Crippen LogP contribution in [0.15, 0.2) is 17.2 Å². The van der Waals surface area contributed by atoms with Gasteiger partial charge in [0.2, 0.25) is 10.0 Å². The molecule has 0 saturated carbocycles. The molecule has 1 rings (SSSR count). The fourth-order valence-electron chi connectivity index (χ4n) is 2.14. The molecule has 0 aliphatic rings. The van der Waals surface area contributed by atoms with Crippen molar-refractivity contribution in [3.8, 4) is 17.2 Å². The molecule has 14 heteroatoms. The van der Waals surface area contributed by atoms with E-state index in [1.165, 1.54) is 19.9 Å².